The van der Waals surface area contributed by atoms with Gasteiger partial charge >= 0.3 is 5.97 Å². The third-order valence-corrected chi connectivity index (χ3v) is 5.53. The summed E-state index contributed by atoms with van der Waals surface area (Å²) in [7, 11) is 0. The Bertz CT molecular complexity index is 1110. The molecule has 3 rings (SSSR count). The summed E-state index contributed by atoms with van der Waals surface area (Å²) in [4.78, 5) is 38.4. The molecule has 176 valence electrons. The van der Waals surface area contributed by atoms with Crippen LogP contribution in [0.2, 0.25) is 5.02 Å². The molecule has 0 spiro atoms. The molecule has 2 amide bonds. The summed E-state index contributed by atoms with van der Waals surface area (Å²) in [6.45, 7) is 1.93. The van der Waals surface area contributed by atoms with Crippen molar-refractivity contribution in [1.29, 1.82) is 0 Å². The Morgan fingerprint density at radius 2 is 1.47 bits per heavy atom. The minimum absolute atomic E-state index is 0.0646. The van der Waals surface area contributed by atoms with Gasteiger partial charge < -0.3 is 15.4 Å². The molecule has 0 aliphatic rings. The zero-order chi connectivity index (χ0) is 24.3. The van der Waals surface area contributed by atoms with E-state index >= 15 is 0 Å². The normalized spacial score (nSPS) is 12.3. The maximum Gasteiger partial charge on any atom is 0.328 e. The minimum Gasteiger partial charge on any atom is -0.464 e. The largest absolute Gasteiger partial charge is 0.464 e. The molecule has 0 radical (unpaired) electrons. The van der Waals surface area contributed by atoms with Crippen molar-refractivity contribution in [1.82, 2.24) is 10.6 Å². The van der Waals surface area contributed by atoms with Gasteiger partial charge in [0.2, 0.25) is 5.91 Å². The molecule has 0 saturated heterocycles. The molecular weight excluding hydrogens is 452 g/mol. The predicted octanol–water partition coefficient (Wildman–Crippen LogP) is 4.49. The molecular formula is C27H27ClN2O4. The predicted molar refractivity (Wildman–Crippen MR) is 131 cm³/mol. The maximum atomic E-state index is 13.0. The Morgan fingerprint density at radius 3 is 2.12 bits per heavy atom. The minimum atomic E-state index is -0.842. The summed E-state index contributed by atoms with van der Waals surface area (Å²) in [5.74, 6) is -1.28. The van der Waals surface area contributed by atoms with E-state index in [2.05, 4.69) is 10.6 Å². The van der Waals surface area contributed by atoms with Crippen molar-refractivity contribution in [2.24, 2.45) is 0 Å². The topological polar surface area (TPSA) is 84.5 Å². The van der Waals surface area contributed by atoms with E-state index in [4.69, 9.17) is 16.3 Å². The van der Waals surface area contributed by atoms with Crippen LogP contribution in [0, 0.1) is 0 Å². The van der Waals surface area contributed by atoms with Gasteiger partial charge in [0.25, 0.3) is 5.91 Å². The summed E-state index contributed by atoms with van der Waals surface area (Å²) < 4.78 is 5.16. The molecule has 6 nitrogen and oxygen atoms in total. The summed E-state index contributed by atoms with van der Waals surface area (Å²) in [5.41, 5.74) is 1.97. The fraction of sp³-hybridized carbons (Fsp3) is 0.222. The summed E-state index contributed by atoms with van der Waals surface area (Å²) >= 11 is 6.17. The Kier molecular flexibility index (Phi) is 9.23. The van der Waals surface area contributed by atoms with Crippen molar-refractivity contribution >= 4 is 29.4 Å². The van der Waals surface area contributed by atoms with Crippen LogP contribution in [0.5, 0.6) is 0 Å². The van der Waals surface area contributed by atoms with Crippen LogP contribution in [0.4, 0.5) is 0 Å². The van der Waals surface area contributed by atoms with Gasteiger partial charge in [0, 0.05) is 6.42 Å². The first-order valence-electron chi connectivity index (χ1n) is 11.1. The van der Waals surface area contributed by atoms with Gasteiger partial charge in [-0.25, -0.2) is 4.79 Å². The standard InChI is InChI=1S/C27H27ClN2O4/c1-2-34-27(33)24(17-19-11-5-3-6-12-19)29-25(31)18-23(20-13-7-4-8-14-20)30-26(32)21-15-9-10-16-22(21)28/h3-16,23-24H,2,17-18H2,1H3,(H,29,31)(H,30,32). The van der Waals surface area contributed by atoms with Crippen molar-refractivity contribution in [3.05, 3.63) is 107 Å². The fourth-order valence-corrected chi connectivity index (χ4v) is 3.77. The number of ether oxygens (including phenoxy) is 1. The van der Waals surface area contributed by atoms with Gasteiger partial charge in [-0.3, -0.25) is 9.59 Å². The average Bonchev–Trinajstić information content (AvgIpc) is 2.85. The molecule has 3 aromatic carbocycles. The summed E-state index contributed by atoms with van der Waals surface area (Å²) in [6.07, 6.45) is 0.234. The third-order valence-electron chi connectivity index (χ3n) is 5.20. The molecule has 0 aromatic heterocycles. The van der Waals surface area contributed by atoms with E-state index in [-0.39, 0.29) is 18.9 Å². The SMILES string of the molecule is CCOC(=O)C(Cc1ccccc1)NC(=O)CC(NC(=O)c1ccccc1Cl)c1ccccc1. The first-order valence-corrected chi connectivity index (χ1v) is 11.5. The van der Waals surface area contributed by atoms with Gasteiger partial charge in [0.1, 0.15) is 6.04 Å². The van der Waals surface area contributed by atoms with Gasteiger partial charge in [-0.15, -0.1) is 0 Å². The highest BCUT2D eigenvalue weighted by Gasteiger charge is 2.26. The van der Waals surface area contributed by atoms with E-state index in [0.717, 1.165) is 11.1 Å². The van der Waals surface area contributed by atoms with Crippen molar-refractivity contribution < 1.29 is 19.1 Å². The van der Waals surface area contributed by atoms with Crippen LogP contribution in [-0.4, -0.2) is 30.4 Å². The number of carbonyl (C=O) groups excluding carboxylic acids is 3. The van der Waals surface area contributed by atoms with Crippen molar-refractivity contribution in [3.63, 3.8) is 0 Å². The summed E-state index contributed by atoms with van der Waals surface area (Å²) in [5, 5.41) is 6.00. The second-order valence-electron chi connectivity index (χ2n) is 7.68. The van der Waals surface area contributed by atoms with E-state index in [9.17, 15) is 14.4 Å². The van der Waals surface area contributed by atoms with Gasteiger partial charge in [-0.05, 0) is 30.2 Å². The Morgan fingerprint density at radius 1 is 0.853 bits per heavy atom. The van der Waals surface area contributed by atoms with Crippen LogP contribution in [0.3, 0.4) is 0 Å². The van der Waals surface area contributed by atoms with Crippen molar-refractivity contribution in [3.8, 4) is 0 Å². The molecule has 0 fully saturated rings. The number of hydrogen-bond acceptors (Lipinski definition) is 4. The van der Waals surface area contributed by atoms with Crippen molar-refractivity contribution in [2.75, 3.05) is 6.61 Å². The van der Waals surface area contributed by atoms with E-state index in [1.165, 1.54) is 0 Å². The molecule has 0 heterocycles. The second-order valence-corrected chi connectivity index (χ2v) is 8.09. The van der Waals surface area contributed by atoms with Crippen molar-refractivity contribution in [2.45, 2.75) is 31.8 Å². The number of amides is 2. The molecule has 2 atom stereocenters. The first kappa shape index (κ1) is 25.0. The summed E-state index contributed by atoms with van der Waals surface area (Å²) in [6, 6.07) is 23.8. The maximum absolute atomic E-state index is 13.0. The lowest BCUT2D eigenvalue weighted by molar-refractivity contribution is -0.147. The van der Waals surface area contributed by atoms with Gasteiger partial charge in [-0.2, -0.15) is 0 Å². The number of esters is 1. The molecule has 0 aliphatic carbocycles. The van der Waals surface area contributed by atoms with Crippen LogP contribution in [-0.2, 0) is 20.7 Å². The monoisotopic (exact) mass is 478 g/mol. The van der Waals surface area contributed by atoms with E-state index in [1.54, 1.807) is 31.2 Å². The Hall–Kier alpha value is -3.64. The molecule has 34 heavy (non-hydrogen) atoms. The smallest absolute Gasteiger partial charge is 0.328 e. The van der Waals surface area contributed by atoms with Crippen LogP contribution >= 0.6 is 11.6 Å². The first-order chi connectivity index (χ1) is 16.5. The Labute approximate surface area is 204 Å². The molecule has 0 bridgehead atoms. The van der Waals surface area contributed by atoms with Gasteiger partial charge in [-0.1, -0.05) is 84.4 Å². The number of nitrogens with one attached hydrogen (secondary N) is 2. The van der Waals surface area contributed by atoms with Gasteiger partial charge in [0.15, 0.2) is 0 Å². The average molecular weight is 479 g/mol. The Balaban J connectivity index is 1.76. The number of halogens is 1. The van der Waals surface area contributed by atoms with Crippen LogP contribution < -0.4 is 10.6 Å². The highest BCUT2D eigenvalue weighted by atomic mass is 35.5. The number of hydrogen-bond donors (Lipinski definition) is 2. The van der Waals surface area contributed by atoms with E-state index < -0.39 is 24.0 Å². The molecule has 2 N–H and O–H groups in total. The number of benzene rings is 3. The van der Waals surface area contributed by atoms with Crippen LogP contribution in [0.15, 0.2) is 84.9 Å². The molecule has 0 aliphatic heterocycles. The second kappa shape index (κ2) is 12.6. The quantitative estimate of drug-likeness (QED) is 0.420. The zero-order valence-electron chi connectivity index (χ0n) is 18.9. The number of rotatable bonds is 10. The van der Waals surface area contributed by atoms with E-state index in [0.29, 0.717) is 17.0 Å². The van der Waals surface area contributed by atoms with Crippen LogP contribution in [0.25, 0.3) is 0 Å². The molecule has 2 unspecified atom stereocenters. The molecule has 7 heteroatoms. The zero-order valence-corrected chi connectivity index (χ0v) is 19.6. The highest BCUT2D eigenvalue weighted by Crippen LogP contribution is 2.20. The lowest BCUT2D eigenvalue weighted by Gasteiger charge is -2.22. The third kappa shape index (κ3) is 7.18. The highest BCUT2D eigenvalue weighted by molar-refractivity contribution is 6.33. The molecule has 0 saturated carbocycles. The van der Waals surface area contributed by atoms with Crippen LogP contribution in [0.1, 0.15) is 40.9 Å². The lowest BCUT2D eigenvalue weighted by Crippen LogP contribution is -2.44. The fourth-order valence-electron chi connectivity index (χ4n) is 3.54. The number of carbonyl (C=O) groups is 3. The van der Waals surface area contributed by atoms with Gasteiger partial charge in [0.05, 0.1) is 29.7 Å². The lowest BCUT2D eigenvalue weighted by atomic mass is 10.0. The molecule has 3 aromatic rings. The van der Waals surface area contributed by atoms with E-state index in [1.807, 2.05) is 60.7 Å².